The minimum absolute atomic E-state index is 0.147. The molecule has 4 N–H and O–H groups in total. The van der Waals surface area contributed by atoms with Crippen molar-refractivity contribution >= 4 is 23.6 Å². The van der Waals surface area contributed by atoms with E-state index < -0.39 is 11.9 Å². The number of aromatic nitrogens is 1. The Bertz CT molecular complexity index is 520. The third-order valence-electron chi connectivity index (χ3n) is 3.55. The first kappa shape index (κ1) is 16.8. The van der Waals surface area contributed by atoms with Gasteiger partial charge < -0.3 is 20.8 Å². The van der Waals surface area contributed by atoms with Crippen molar-refractivity contribution in [3.05, 3.63) is 17.8 Å². The molecule has 1 fully saturated rings. The first-order valence-corrected chi connectivity index (χ1v) is 8.79. The van der Waals surface area contributed by atoms with Gasteiger partial charge in [0.25, 0.3) is 5.91 Å². The topological polar surface area (TPSA) is 110 Å². The summed E-state index contributed by atoms with van der Waals surface area (Å²) >= 11 is 1.69. The molecule has 0 radical (unpaired) electrons. The quantitative estimate of drug-likeness (QED) is 0.714. The molecule has 0 aromatic carbocycles. The SMILES string of the molecule is CSCCC(N)c1nc(C(=O)NC2CCCCNC2=O)co1. The maximum Gasteiger partial charge on any atom is 0.273 e. The van der Waals surface area contributed by atoms with Crippen LogP contribution in [-0.4, -0.2) is 41.4 Å². The van der Waals surface area contributed by atoms with Crippen molar-refractivity contribution in [1.82, 2.24) is 15.6 Å². The van der Waals surface area contributed by atoms with Gasteiger partial charge in [0.15, 0.2) is 5.69 Å². The first-order chi connectivity index (χ1) is 10.6. The highest BCUT2D eigenvalue weighted by molar-refractivity contribution is 7.98. The molecule has 7 nitrogen and oxygen atoms in total. The number of nitrogens with one attached hydrogen (secondary N) is 2. The highest BCUT2D eigenvalue weighted by Gasteiger charge is 2.24. The summed E-state index contributed by atoms with van der Waals surface area (Å²) in [7, 11) is 0. The van der Waals surface area contributed by atoms with Crippen molar-refractivity contribution in [1.29, 1.82) is 0 Å². The second-order valence-electron chi connectivity index (χ2n) is 5.27. The lowest BCUT2D eigenvalue weighted by molar-refractivity contribution is -0.122. The fourth-order valence-corrected chi connectivity index (χ4v) is 2.73. The molecule has 0 bridgehead atoms. The van der Waals surface area contributed by atoms with Crippen LogP contribution < -0.4 is 16.4 Å². The summed E-state index contributed by atoms with van der Waals surface area (Å²) in [5, 5.41) is 5.48. The molecule has 1 aliphatic rings. The average molecular weight is 326 g/mol. The van der Waals surface area contributed by atoms with Crippen molar-refractivity contribution in [2.75, 3.05) is 18.6 Å². The molecule has 1 aromatic rings. The van der Waals surface area contributed by atoms with Gasteiger partial charge in [0.05, 0.1) is 6.04 Å². The van der Waals surface area contributed by atoms with Crippen LogP contribution in [0.15, 0.2) is 10.7 Å². The van der Waals surface area contributed by atoms with Crippen LogP contribution in [-0.2, 0) is 4.79 Å². The summed E-state index contributed by atoms with van der Waals surface area (Å²) in [6, 6.07) is -0.838. The molecule has 2 atom stereocenters. The van der Waals surface area contributed by atoms with E-state index in [0.717, 1.165) is 25.0 Å². The van der Waals surface area contributed by atoms with Gasteiger partial charge in [0.1, 0.15) is 12.3 Å². The molecule has 0 spiro atoms. The Hall–Kier alpha value is -1.54. The Morgan fingerprint density at radius 2 is 2.45 bits per heavy atom. The van der Waals surface area contributed by atoms with Crippen LogP contribution in [0.2, 0.25) is 0 Å². The number of carbonyl (C=O) groups is 2. The Kier molecular flexibility index (Phi) is 6.26. The summed E-state index contributed by atoms with van der Waals surface area (Å²) in [5.41, 5.74) is 6.12. The van der Waals surface area contributed by atoms with E-state index in [1.807, 2.05) is 6.26 Å². The van der Waals surface area contributed by atoms with Crippen molar-refractivity contribution in [2.45, 2.75) is 37.8 Å². The van der Waals surface area contributed by atoms with E-state index in [9.17, 15) is 9.59 Å². The Morgan fingerprint density at radius 3 is 3.23 bits per heavy atom. The lowest BCUT2D eigenvalue weighted by Crippen LogP contribution is -2.45. The second-order valence-corrected chi connectivity index (χ2v) is 6.26. The monoisotopic (exact) mass is 326 g/mol. The van der Waals surface area contributed by atoms with Gasteiger partial charge in [-0.3, -0.25) is 9.59 Å². The van der Waals surface area contributed by atoms with Gasteiger partial charge >= 0.3 is 0 Å². The molecule has 2 heterocycles. The standard InChI is InChI=1S/C14H22N4O3S/c1-22-7-5-9(15)14-18-11(8-21-14)13(20)17-10-4-2-3-6-16-12(10)19/h8-10H,2-7,15H2,1H3,(H,16,19)(H,17,20). The van der Waals surface area contributed by atoms with E-state index in [0.29, 0.717) is 18.9 Å². The second kappa shape index (κ2) is 8.19. The van der Waals surface area contributed by atoms with E-state index in [1.165, 1.54) is 6.26 Å². The van der Waals surface area contributed by atoms with Gasteiger partial charge in [0, 0.05) is 6.54 Å². The zero-order valence-electron chi connectivity index (χ0n) is 12.6. The number of hydrogen-bond acceptors (Lipinski definition) is 6. The summed E-state index contributed by atoms with van der Waals surface area (Å²) in [5.74, 6) is 0.692. The zero-order valence-corrected chi connectivity index (χ0v) is 13.4. The van der Waals surface area contributed by atoms with Crippen molar-refractivity contribution < 1.29 is 14.0 Å². The van der Waals surface area contributed by atoms with Gasteiger partial charge in [-0.15, -0.1) is 0 Å². The molecule has 2 rings (SSSR count). The molecular weight excluding hydrogens is 304 g/mol. The number of amides is 2. The third-order valence-corrected chi connectivity index (χ3v) is 4.19. The lowest BCUT2D eigenvalue weighted by atomic mass is 10.1. The van der Waals surface area contributed by atoms with Crippen LogP contribution in [0.4, 0.5) is 0 Å². The number of thioether (sulfide) groups is 1. The van der Waals surface area contributed by atoms with Crippen molar-refractivity contribution in [3.8, 4) is 0 Å². The average Bonchev–Trinajstić information content (AvgIpc) is 2.92. The summed E-state index contributed by atoms with van der Waals surface area (Å²) in [4.78, 5) is 28.1. The third kappa shape index (κ3) is 4.48. The summed E-state index contributed by atoms with van der Waals surface area (Å²) in [6.45, 7) is 0.656. The molecular formula is C14H22N4O3S. The molecule has 8 heteroatoms. The zero-order chi connectivity index (χ0) is 15.9. The molecule has 2 unspecified atom stereocenters. The van der Waals surface area contributed by atoms with Crippen LogP contribution in [0.3, 0.4) is 0 Å². The summed E-state index contributed by atoms with van der Waals surface area (Å²) < 4.78 is 5.28. The summed E-state index contributed by atoms with van der Waals surface area (Å²) in [6.07, 6.45) is 6.48. The van der Waals surface area contributed by atoms with Gasteiger partial charge in [-0.25, -0.2) is 4.98 Å². The Labute approximate surface area is 133 Å². The number of nitrogens with two attached hydrogens (primary N) is 1. The highest BCUT2D eigenvalue weighted by Crippen LogP contribution is 2.16. The normalized spacial score (nSPS) is 20.1. The minimum Gasteiger partial charge on any atom is -0.446 e. The maximum absolute atomic E-state index is 12.2. The van der Waals surface area contributed by atoms with Gasteiger partial charge in [-0.2, -0.15) is 11.8 Å². The van der Waals surface area contributed by atoms with Crippen LogP contribution in [0.25, 0.3) is 0 Å². The van der Waals surface area contributed by atoms with E-state index in [2.05, 4.69) is 15.6 Å². The fraction of sp³-hybridized carbons (Fsp3) is 0.643. The van der Waals surface area contributed by atoms with E-state index in [4.69, 9.17) is 10.2 Å². The molecule has 2 amide bonds. The van der Waals surface area contributed by atoms with Crippen molar-refractivity contribution in [3.63, 3.8) is 0 Å². The number of rotatable bonds is 6. The molecule has 0 aliphatic carbocycles. The van der Waals surface area contributed by atoms with Gasteiger partial charge in [-0.05, 0) is 37.7 Å². The highest BCUT2D eigenvalue weighted by atomic mass is 32.2. The van der Waals surface area contributed by atoms with Crippen LogP contribution in [0, 0.1) is 0 Å². The Morgan fingerprint density at radius 1 is 1.64 bits per heavy atom. The van der Waals surface area contributed by atoms with Gasteiger partial charge in [0.2, 0.25) is 11.8 Å². The van der Waals surface area contributed by atoms with Gasteiger partial charge in [-0.1, -0.05) is 0 Å². The van der Waals surface area contributed by atoms with Crippen LogP contribution >= 0.6 is 11.8 Å². The van der Waals surface area contributed by atoms with Crippen LogP contribution in [0.5, 0.6) is 0 Å². The van der Waals surface area contributed by atoms with E-state index in [-0.39, 0.29) is 17.6 Å². The molecule has 0 saturated carbocycles. The lowest BCUT2D eigenvalue weighted by Gasteiger charge is -2.13. The number of hydrogen-bond donors (Lipinski definition) is 3. The predicted molar refractivity (Wildman–Crippen MR) is 84.5 cm³/mol. The van der Waals surface area contributed by atoms with E-state index >= 15 is 0 Å². The Balaban J connectivity index is 1.95. The van der Waals surface area contributed by atoms with E-state index in [1.54, 1.807) is 11.8 Å². The van der Waals surface area contributed by atoms with Crippen molar-refractivity contribution in [2.24, 2.45) is 5.73 Å². The number of carbonyl (C=O) groups excluding carboxylic acids is 2. The molecule has 22 heavy (non-hydrogen) atoms. The molecule has 1 aromatic heterocycles. The molecule has 1 saturated heterocycles. The number of oxazole rings is 1. The largest absolute Gasteiger partial charge is 0.446 e. The predicted octanol–water partition coefficient (Wildman–Crippen LogP) is 0.826. The molecule has 122 valence electrons. The maximum atomic E-state index is 12.2. The smallest absolute Gasteiger partial charge is 0.273 e. The number of nitrogens with zero attached hydrogens (tertiary/aromatic N) is 1. The first-order valence-electron chi connectivity index (χ1n) is 7.40. The van der Waals surface area contributed by atoms with Crippen LogP contribution in [0.1, 0.15) is 48.1 Å². The minimum atomic E-state index is -0.514. The molecule has 1 aliphatic heterocycles. The fourth-order valence-electron chi connectivity index (χ4n) is 2.24.